The van der Waals surface area contributed by atoms with Gasteiger partial charge in [-0.25, -0.2) is 5.48 Å². The number of carboxylic acids is 1. The standard InChI is InChI=1S/C8H14N2O5/c1-4(2)6(8(14)10-15)7(13)9-3-5(11)12/h4,6,15H,3H2,1-2H3,(H,9,13)(H,10,14)(H,11,12). The lowest BCUT2D eigenvalue weighted by Crippen LogP contribution is -2.44. The van der Waals surface area contributed by atoms with Crippen molar-refractivity contribution in [3.63, 3.8) is 0 Å². The first-order valence-corrected chi connectivity index (χ1v) is 4.33. The zero-order chi connectivity index (χ0) is 12.0. The van der Waals surface area contributed by atoms with Crippen molar-refractivity contribution >= 4 is 17.8 Å². The zero-order valence-electron chi connectivity index (χ0n) is 8.48. The molecule has 0 radical (unpaired) electrons. The third kappa shape index (κ3) is 4.41. The van der Waals surface area contributed by atoms with Crippen LogP contribution in [0, 0.1) is 11.8 Å². The summed E-state index contributed by atoms with van der Waals surface area (Å²) in [7, 11) is 0. The number of carboxylic acid groups (broad SMARTS) is 1. The van der Waals surface area contributed by atoms with Gasteiger partial charge in [0.05, 0.1) is 0 Å². The number of hydrogen-bond donors (Lipinski definition) is 4. The Morgan fingerprint density at radius 3 is 2.07 bits per heavy atom. The molecule has 1 unspecified atom stereocenters. The first-order valence-electron chi connectivity index (χ1n) is 4.33. The summed E-state index contributed by atoms with van der Waals surface area (Å²) in [6.45, 7) is 2.67. The molecule has 0 aromatic rings. The summed E-state index contributed by atoms with van der Waals surface area (Å²) in [5, 5.41) is 18.8. The van der Waals surface area contributed by atoms with E-state index in [1.165, 1.54) is 5.48 Å². The van der Waals surface area contributed by atoms with Gasteiger partial charge in [-0.1, -0.05) is 13.8 Å². The summed E-state index contributed by atoms with van der Waals surface area (Å²) in [5.74, 6) is -4.22. The third-order valence-corrected chi connectivity index (χ3v) is 1.76. The molecular weight excluding hydrogens is 204 g/mol. The predicted octanol–water partition coefficient (Wildman–Crippen LogP) is -1.04. The molecular formula is C8H14N2O5. The van der Waals surface area contributed by atoms with Crippen molar-refractivity contribution in [2.24, 2.45) is 11.8 Å². The molecule has 0 saturated carbocycles. The van der Waals surface area contributed by atoms with Gasteiger partial charge in [0.25, 0.3) is 5.91 Å². The first-order chi connectivity index (χ1) is 6.90. The van der Waals surface area contributed by atoms with Crippen LogP contribution < -0.4 is 10.8 Å². The lowest BCUT2D eigenvalue weighted by atomic mass is 9.94. The quantitative estimate of drug-likeness (QED) is 0.267. The van der Waals surface area contributed by atoms with E-state index in [2.05, 4.69) is 5.32 Å². The van der Waals surface area contributed by atoms with Gasteiger partial charge in [-0.3, -0.25) is 19.6 Å². The number of nitrogens with one attached hydrogen (secondary N) is 2. The van der Waals surface area contributed by atoms with Crippen LogP contribution in [0.3, 0.4) is 0 Å². The number of aliphatic carboxylic acids is 1. The Morgan fingerprint density at radius 2 is 1.73 bits per heavy atom. The molecule has 0 bridgehead atoms. The highest BCUT2D eigenvalue weighted by Crippen LogP contribution is 2.10. The largest absolute Gasteiger partial charge is 0.480 e. The van der Waals surface area contributed by atoms with E-state index in [-0.39, 0.29) is 5.92 Å². The Hall–Kier alpha value is -1.63. The van der Waals surface area contributed by atoms with Crippen LogP contribution in [0.4, 0.5) is 0 Å². The van der Waals surface area contributed by atoms with Gasteiger partial charge in [-0.05, 0) is 5.92 Å². The van der Waals surface area contributed by atoms with E-state index in [0.29, 0.717) is 0 Å². The van der Waals surface area contributed by atoms with Crippen LogP contribution in [0.15, 0.2) is 0 Å². The molecule has 0 aromatic carbocycles. The molecule has 0 aliphatic carbocycles. The number of hydrogen-bond acceptors (Lipinski definition) is 4. The minimum absolute atomic E-state index is 0.342. The number of hydroxylamine groups is 1. The Bertz CT molecular complexity index is 264. The fourth-order valence-electron chi connectivity index (χ4n) is 1.07. The Labute approximate surface area is 86.4 Å². The monoisotopic (exact) mass is 218 g/mol. The molecule has 15 heavy (non-hydrogen) atoms. The molecule has 2 amide bonds. The molecule has 0 aliphatic rings. The van der Waals surface area contributed by atoms with Crippen molar-refractivity contribution < 1.29 is 24.7 Å². The molecule has 0 saturated heterocycles. The SMILES string of the molecule is CC(C)C(C(=O)NO)C(=O)NCC(=O)O. The lowest BCUT2D eigenvalue weighted by molar-refractivity contribution is -0.145. The maximum atomic E-state index is 11.3. The van der Waals surface area contributed by atoms with Crippen LogP contribution >= 0.6 is 0 Å². The molecule has 1 atom stereocenters. The first kappa shape index (κ1) is 13.4. The second-order valence-corrected chi connectivity index (χ2v) is 3.31. The van der Waals surface area contributed by atoms with E-state index in [1.807, 2.05) is 0 Å². The summed E-state index contributed by atoms with van der Waals surface area (Å²) in [6, 6.07) is 0. The van der Waals surface area contributed by atoms with Crippen molar-refractivity contribution in [3.8, 4) is 0 Å². The van der Waals surface area contributed by atoms with Crippen LogP contribution in [-0.2, 0) is 14.4 Å². The van der Waals surface area contributed by atoms with Crippen LogP contribution in [0.2, 0.25) is 0 Å². The van der Waals surface area contributed by atoms with E-state index in [0.717, 1.165) is 0 Å². The summed E-state index contributed by atoms with van der Waals surface area (Å²) >= 11 is 0. The van der Waals surface area contributed by atoms with Gasteiger partial charge in [0.2, 0.25) is 5.91 Å². The second kappa shape index (κ2) is 5.97. The van der Waals surface area contributed by atoms with E-state index >= 15 is 0 Å². The van der Waals surface area contributed by atoms with Crippen molar-refractivity contribution in [1.82, 2.24) is 10.8 Å². The summed E-state index contributed by atoms with van der Waals surface area (Å²) < 4.78 is 0. The molecule has 4 N–H and O–H groups in total. The molecule has 0 heterocycles. The number of amides is 2. The van der Waals surface area contributed by atoms with Gasteiger partial charge >= 0.3 is 5.97 Å². The average Bonchev–Trinajstić information content (AvgIpc) is 2.14. The maximum Gasteiger partial charge on any atom is 0.322 e. The average molecular weight is 218 g/mol. The van der Waals surface area contributed by atoms with E-state index in [1.54, 1.807) is 13.8 Å². The van der Waals surface area contributed by atoms with E-state index in [9.17, 15) is 14.4 Å². The summed E-state index contributed by atoms with van der Waals surface area (Å²) in [4.78, 5) is 32.6. The van der Waals surface area contributed by atoms with Gasteiger partial charge < -0.3 is 10.4 Å². The molecule has 0 rings (SSSR count). The molecule has 0 fully saturated rings. The number of carbonyl (C=O) groups is 3. The van der Waals surface area contributed by atoms with Crippen molar-refractivity contribution in [2.75, 3.05) is 6.54 Å². The molecule has 0 spiro atoms. The van der Waals surface area contributed by atoms with Gasteiger partial charge in [0.1, 0.15) is 12.5 Å². The van der Waals surface area contributed by atoms with Crippen LogP contribution in [0.25, 0.3) is 0 Å². The van der Waals surface area contributed by atoms with Gasteiger partial charge in [0, 0.05) is 0 Å². The van der Waals surface area contributed by atoms with Crippen molar-refractivity contribution in [1.29, 1.82) is 0 Å². The normalized spacial score (nSPS) is 12.0. The second-order valence-electron chi connectivity index (χ2n) is 3.31. The van der Waals surface area contributed by atoms with Gasteiger partial charge in [0.15, 0.2) is 0 Å². The Kier molecular flexibility index (Phi) is 5.32. The van der Waals surface area contributed by atoms with Crippen molar-refractivity contribution in [2.45, 2.75) is 13.8 Å². The highest BCUT2D eigenvalue weighted by atomic mass is 16.5. The molecule has 7 heteroatoms. The topological polar surface area (TPSA) is 116 Å². The fourth-order valence-corrected chi connectivity index (χ4v) is 1.07. The minimum Gasteiger partial charge on any atom is -0.480 e. The smallest absolute Gasteiger partial charge is 0.322 e. The van der Waals surface area contributed by atoms with Crippen molar-refractivity contribution in [3.05, 3.63) is 0 Å². The van der Waals surface area contributed by atoms with E-state index in [4.69, 9.17) is 10.3 Å². The van der Waals surface area contributed by atoms with Crippen LogP contribution in [0.5, 0.6) is 0 Å². The number of carbonyl (C=O) groups excluding carboxylic acids is 2. The molecule has 86 valence electrons. The molecule has 0 aliphatic heterocycles. The zero-order valence-corrected chi connectivity index (χ0v) is 8.48. The highest BCUT2D eigenvalue weighted by Gasteiger charge is 2.29. The highest BCUT2D eigenvalue weighted by molar-refractivity contribution is 6.00. The van der Waals surface area contributed by atoms with E-state index < -0.39 is 30.2 Å². The summed E-state index contributed by atoms with van der Waals surface area (Å²) in [6.07, 6.45) is 0. The maximum absolute atomic E-state index is 11.3. The van der Waals surface area contributed by atoms with Crippen LogP contribution in [-0.4, -0.2) is 34.6 Å². The Morgan fingerprint density at radius 1 is 1.20 bits per heavy atom. The number of rotatable bonds is 5. The van der Waals surface area contributed by atoms with Crippen LogP contribution in [0.1, 0.15) is 13.8 Å². The predicted molar refractivity (Wildman–Crippen MR) is 48.9 cm³/mol. The van der Waals surface area contributed by atoms with Gasteiger partial charge in [-0.2, -0.15) is 0 Å². The lowest BCUT2D eigenvalue weighted by Gasteiger charge is -2.17. The van der Waals surface area contributed by atoms with Gasteiger partial charge in [-0.15, -0.1) is 0 Å². The summed E-state index contributed by atoms with van der Waals surface area (Å²) in [5.41, 5.74) is 1.37. The minimum atomic E-state index is -1.20. The third-order valence-electron chi connectivity index (χ3n) is 1.76. The fraction of sp³-hybridized carbons (Fsp3) is 0.625. The molecule has 7 nitrogen and oxygen atoms in total. The Balaban J connectivity index is 4.43. The molecule has 0 aromatic heterocycles.